The summed E-state index contributed by atoms with van der Waals surface area (Å²) in [7, 11) is 0. The highest BCUT2D eigenvalue weighted by Crippen LogP contribution is 2.49. The highest BCUT2D eigenvalue weighted by Gasteiger charge is 2.51. The van der Waals surface area contributed by atoms with Gasteiger partial charge in [-0.1, -0.05) is 19.9 Å². The largest absolute Gasteiger partial charge is 0.493 e. The van der Waals surface area contributed by atoms with Crippen LogP contribution >= 0.6 is 0 Å². The molecule has 7 heteroatoms. The van der Waals surface area contributed by atoms with Gasteiger partial charge in [-0.3, -0.25) is 9.78 Å². The molecule has 0 unspecified atom stereocenters. The van der Waals surface area contributed by atoms with Crippen LogP contribution < -0.4 is 10.1 Å². The Morgan fingerprint density at radius 2 is 2.03 bits per heavy atom. The maximum atomic E-state index is 14.3. The number of aliphatic hydroxyl groups excluding tert-OH is 1. The first-order valence-electron chi connectivity index (χ1n) is 11.1. The fourth-order valence-corrected chi connectivity index (χ4v) is 4.24. The molecule has 32 heavy (non-hydrogen) atoms. The molecule has 174 valence electrons. The molecule has 0 bridgehead atoms. The third-order valence-corrected chi connectivity index (χ3v) is 6.45. The summed E-state index contributed by atoms with van der Waals surface area (Å²) in [5.74, 6) is -0.516. The minimum absolute atomic E-state index is 0.0254. The van der Waals surface area contributed by atoms with Crippen LogP contribution in [0.2, 0.25) is 0 Å². The molecule has 1 aliphatic heterocycles. The number of halogens is 1. The smallest absolute Gasteiger partial charge is 0.254 e. The molecule has 2 heterocycles. The van der Waals surface area contributed by atoms with Crippen molar-refractivity contribution in [1.82, 2.24) is 4.98 Å². The number of aromatic nitrogens is 1. The van der Waals surface area contributed by atoms with E-state index in [1.807, 2.05) is 34.6 Å². The van der Waals surface area contributed by atoms with Crippen molar-refractivity contribution in [3.8, 4) is 5.75 Å². The van der Waals surface area contributed by atoms with Gasteiger partial charge in [-0.25, -0.2) is 4.39 Å². The summed E-state index contributed by atoms with van der Waals surface area (Å²) in [6.45, 7) is 11.7. The lowest BCUT2D eigenvalue weighted by atomic mass is 9.77. The molecular weight excluding hydrogens is 411 g/mol. The van der Waals surface area contributed by atoms with Gasteiger partial charge in [-0.2, -0.15) is 0 Å². The van der Waals surface area contributed by atoms with Crippen LogP contribution in [0.15, 0.2) is 30.5 Å². The van der Waals surface area contributed by atoms with Gasteiger partial charge >= 0.3 is 0 Å². The zero-order chi connectivity index (χ0) is 23.6. The quantitative estimate of drug-likeness (QED) is 0.634. The first kappa shape index (κ1) is 24.1. The van der Waals surface area contributed by atoms with Crippen molar-refractivity contribution in [2.75, 3.05) is 11.9 Å². The number of nitrogens with one attached hydrogen (secondary N) is 1. The van der Waals surface area contributed by atoms with E-state index in [0.29, 0.717) is 35.7 Å². The van der Waals surface area contributed by atoms with Gasteiger partial charge in [0.05, 0.1) is 35.9 Å². The Bertz CT molecular complexity index is 961. The second kappa shape index (κ2) is 9.55. The molecule has 1 saturated heterocycles. The minimum Gasteiger partial charge on any atom is -0.493 e. The molecule has 0 radical (unpaired) electrons. The topological polar surface area (TPSA) is 80.7 Å². The van der Waals surface area contributed by atoms with E-state index in [9.17, 15) is 14.3 Å². The highest BCUT2D eigenvalue weighted by molar-refractivity contribution is 5.95. The predicted molar refractivity (Wildman–Crippen MR) is 121 cm³/mol. The van der Waals surface area contributed by atoms with Crippen LogP contribution in [-0.2, 0) is 9.53 Å². The molecule has 1 aliphatic rings. The van der Waals surface area contributed by atoms with Crippen molar-refractivity contribution < 1.29 is 23.8 Å². The Balaban J connectivity index is 1.93. The second-order valence-electron chi connectivity index (χ2n) is 8.87. The summed E-state index contributed by atoms with van der Waals surface area (Å²) < 4.78 is 26.3. The molecular formula is C25H33FN2O4. The van der Waals surface area contributed by atoms with Gasteiger partial charge in [0, 0.05) is 17.0 Å². The molecule has 2 aromatic rings. The number of nitrogens with zero attached hydrogens (tertiary/aromatic N) is 1. The van der Waals surface area contributed by atoms with Gasteiger partial charge in [0.1, 0.15) is 17.7 Å². The molecule has 2 N–H and O–H groups in total. The second-order valence-corrected chi connectivity index (χ2v) is 8.87. The zero-order valence-corrected chi connectivity index (χ0v) is 19.6. The number of carbonyl (C=O) groups is 1. The Kier molecular flexibility index (Phi) is 7.20. The summed E-state index contributed by atoms with van der Waals surface area (Å²) >= 11 is 0. The molecule has 0 spiro atoms. The van der Waals surface area contributed by atoms with Crippen LogP contribution in [0.4, 0.5) is 10.1 Å². The number of hydrogen-bond acceptors (Lipinski definition) is 5. The fourth-order valence-electron chi connectivity index (χ4n) is 4.24. The van der Waals surface area contributed by atoms with E-state index in [0.717, 1.165) is 5.56 Å². The van der Waals surface area contributed by atoms with Crippen LogP contribution in [0.1, 0.15) is 69.9 Å². The molecule has 3 rings (SSSR count). The van der Waals surface area contributed by atoms with E-state index in [-0.39, 0.29) is 23.6 Å². The number of rotatable bonds is 7. The standard InChI is InChI=1S/C25H33FN2O4/c1-7-20(29)19-12-9-16(13-27-19)28-24(30)23-21(15(4)25(5,6)32-23)17-10-11-18(26)14(3)22(17)31-8-2/h9-13,15,20-21,23,29H,7-8H2,1-6H3,(H,28,30)/t15-,20-,21-,23+/m1/s1. The van der Waals surface area contributed by atoms with Gasteiger partial charge in [0.2, 0.25) is 0 Å². The van der Waals surface area contributed by atoms with Gasteiger partial charge in [-0.15, -0.1) is 0 Å². The number of pyridine rings is 1. The lowest BCUT2D eigenvalue weighted by molar-refractivity contribution is -0.131. The molecule has 0 saturated carbocycles. The van der Waals surface area contributed by atoms with Gasteiger partial charge in [0.15, 0.2) is 0 Å². The van der Waals surface area contributed by atoms with Crippen LogP contribution in [0.5, 0.6) is 5.75 Å². The number of ether oxygens (including phenoxy) is 2. The molecule has 0 aliphatic carbocycles. The lowest BCUT2D eigenvalue weighted by Crippen LogP contribution is -2.33. The van der Waals surface area contributed by atoms with E-state index in [1.165, 1.54) is 12.3 Å². The number of anilines is 1. The van der Waals surface area contributed by atoms with Crippen molar-refractivity contribution in [2.45, 2.75) is 71.7 Å². The van der Waals surface area contributed by atoms with Crippen molar-refractivity contribution in [2.24, 2.45) is 5.92 Å². The number of benzene rings is 1. The number of carbonyl (C=O) groups excluding carboxylic acids is 1. The van der Waals surface area contributed by atoms with Gasteiger partial charge in [-0.05, 0) is 58.2 Å². The Labute approximate surface area is 189 Å². The van der Waals surface area contributed by atoms with E-state index < -0.39 is 17.8 Å². The third kappa shape index (κ3) is 4.64. The van der Waals surface area contributed by atoms with Crippen LogP contribution in [0, 0.1) is 18.7 Å². The van der Waals surface area contributed by atoms with E-state index in [1.54, 1.807) is 25.1 Å². The van der Waals surface area contributed by atoms with Crippen molar-refractivity contribution in [3.63, 3.8) is 0 Å². The summed E-state index contributed by atoms with van der Waals surface area (Å²) in [6, 6.07) is 6.52. The zero-order valence-electron chi connectivity index (χ0n) is 19.6. The first-order chi connectivity index (χ1) is 15.1. The normalized spacial score (nSPS) is 23.1. The molecule has 4 atom stereocenters. The maximum Gasteiger partial charge on any atom is 0.254 e. The minimum atomic E-state index is -0.787. The summed E-state index contributed by atoms with van der Waals surface area (Å²) in [5.41, 5.74) is 1.70. The molecule has 1 aromatic heterocycles. The number of amides is 1. The highest BCUT2D eigenvalue weighted by atomic mass is 19.1. The van der Waals surface area contributed by atoms with Gasteiger partial charge < -0.3 is 19.9 Å². The SMILES string of the molecule is CCOc1c([C@@H]2[C@@H](C(=O)Nc3ccc([C@H](O)CC)nc3)OC(C)(C)[C@@H]2C)ccc(F)c1C. The van der Waals surface area contributed by atoms with E-state index >= 15 is 0 Å². The van der Waals surface area contributed by atoms with Crippen molar-refractivity contribution in [3.05, 3.63) is 53.1 Å². The average molecular weight is 445 g/mol. The van der Waals surface area contributed by atoms with Crippen LogP contribution in [0.3, 0.4) is 0 Å². The summed E-state index contributed by atoms with van der Waals surface area (Å²) in [6.07, 6.45) is 0.661. The fraction of sp³-hybridized carbons (Fsp3) is 0.520. The first-order valence-corrected chi connectivity index (χ1v) is 11.1. The summed E-state index contributed by atoms with van der Waals surface area (Å²) in [5, 5.41) is 12.8. The number of hydrogen-bond donors (Lipinski definition) is 2. The van der Waals surface area contributed by atoms with Crippen LogP contribution in [-0.4, -0.2) is 34.3 Å². The lowest BCUT2D eigenvalue weighted by Gasteiger charge is -2.26. The maximum absolute atomic E-state index is 14.3. The van der Waals surface area contributed by atoms with Crippen LogP contribution in [0.25, 0.3) is 0 Å². The Morgan fingerprint density at radius 1 is 1.31 bits per heavy atom. The van der Waals surface area contributed by atoms with E-state index in [4.69, 9.17) is 9.47 Å². The Morgan fingerprint density at radius 3 is 2.62 bits per heavy atom. The monoisotopic (exact) mass is 444 g/mol. The Hall–Kier alpha value is -2.51. The number of aliphatic hydroxyl groups is 1. The third-order valence-electron chi connectivity index (χ3n) is 6.45. The molecule has 1 aromatic carbocycles. The average Bonchev–Trinajstić information content (AvgIpc) is 3.01. The molecule has 1 fully saturated rings. The van der Waals surface area contributed by atoms with Crippen molar-refractivity contribution >= 4 is 11.6 Å². The van der Waals surface area contributed by atoms with Gasteiger partial charge in [0.25, 0.3) is 5.91 Å². The molecule has 6 nitrogen and oxygen atoms in total. The predicted octanol–water partition coefficient (Wildman–Crippen LogP) is 4.91. The van der Waals surface area contributed by atoms with Crippen molar-refractivity contribution in [1.29, 1.82) is 0 Å². The summed E-state index contributed by atoms with van der Waals surface area (Å²) in [4.78, 5) is 17.5. The van der Waals surface area contributed by atoms with E-state index in [2.05, 4.69) is 10.3 Å². The molecule has 1 amide bonds.